The van der Waals surface area contributed by atoms with E-state index in [4.69, 9.17) is 99.8 Å². The molecular formula is C70H104O21. The molecule has 0 heterocycles. The minimum atomic E-state index is 0.0174. The Morgan fingerprint density at radius 3 is 0.648 bits per heavy atom. The van der Waals surface area contributed by atoms with E-state index in [1.807, 2.05) is 60.7 Å². The second-order valence-corrected chi connectivity index (χ2v) is 19.4. The lowest BCUT2D eigenvalue weighted by molar-refractivity contribution is -0.0313. The van der Waals surface area contributed by atoms with Crippen LogP contribution in [0.4, 0.5) is 0 Å². The van der Waals surface area contributed by atoms with Crippen molar-refractivity contribution in [1.82, 2.24) is 0 Å². The SMILES string of the molecule is OCCOCCOCCOCCOCCOCCOCCOCCOCCOCCOCCOCCOCCOCCOCCOCCOCCOCCOCCOCCOc1ccc(C=Cc2ccccc2)c(C=Cc2ccccc2)c1C=Cc1ccccc1. The highest BCUT2D eigenvalue weighted by atomic mass is 16.6. The topological polar surface area (TPSA) is 205 Å². The van der Waals surface area contributed by atoms with Crippen molar-refractivity contribution in [1.29, 1.82) is 0 Å². The van der Waals surface area contributed by atoms with Crippen LogP contribution in [0.1, 0.15) is 33.4 Å². The second-order valence-electron chi connectivity index (χ2n) is 19.4. The quantitative estimate of drug-likeness (QED) is 0.0330. The van der Waals surface area contributed by atoms with Crippen LogP contribution in [0.25, 0.3) is 36.5 Å². The number of benzene rings is 4. The summed E-state index contributed by atoms with van der Waals surface area (Å²) in [5.41, 5.74) is 6.47. The molecule has 0 aliphatic rings. The maximum absolute atomic E-state index is 8.62. The minimum Gasteiger partial charge on any atom is -0.491 e. The van der Waals surface area contributed by atoms with Gasteiger partial charge in [-0.15, -0.1) is 0 Å². The monoisotopic (exact) mass is 1280 g/mol. The van der Waals surface area contributed by atoms with Gasteiger partial charge in [0.25, 0.3) is 0 Å². The van der Waals surface area contributed by atoms with Crippen LogP contribution in [0.5, 0.6) is 5.75 Å². The normalized spacial score (nSPS) is 11.8. The molecule has 0 fully saturated rings. The van der Waals surface area contributed by atoms with E-state index in [1.165, 1.54) is 0 Å². The largest absolute Gasteiger partial charge is 0.491 e. The van der Waals surface area contributed by atoms with Crippen LogP contribution in [-0.2, 0) is 90.0 Å². The molecule has 4 aromatic carbocycles. The molecular weight excluding hydrogens is 1180 g/mol. The number of hydrogen-bond donors (Lipinski definition) is 1. The Morgan fingerprint density at radius 1 is 0.198 bits per heavy atom. The number of aliphatic hydroxyl groups is 1. The molecule has 4 rings (SSSR count). The predicted octanol–water partition coefficient (Wildman–Crippen LogP) is 7.88. The Morgan fingerprint density at radius 2 is 0.407 bits per heavy atom. The van der Waals surface area contributed by atoms with E-state index in [2.05, 4.69) is 78.9 Å². The first-order chi connectivity index (χ1) is 45.3. The molecule has 0 saturated heterocycles. The first-order valence-corrected chi connectivity index (χ1v) is 31.9. The Bertz CT molecular complexity index is 2280. The maximum atomic E-state index is 8.62. The van der Waals surface area contributed by atoms with Gasteiger partial charge in [-0.2, -0.15) is 0 Å². The molecule has 1 N–H and O–H groups in total. The predicted molar refractivity (Wildman–Crippen MR) is 351 cm³/mol. The van der Waals surface area contributed by atoms with Crippen LogP contribution >= 0.6 is 0 Å². The van der Waals surface area contributed by atoms with Crippen molar-refractivity contribution in [2.45, 2.75) is 0 Å². The molecule has 0 amide bonds. The molecule has 0 radical (unpaired) electrons. The van der Waals surface area contributed by atoms with Crippen molar-refractivity contribution in [3.8, 4) is 5.75 Å². The van der Waals surface area contributed by atoms with Gasteiger partial charge in [-0.25, -0.2) is 0 Å². The Labute approximate surface area is 540 Å². The molecule has 21 heteroatoms. The summed E-state index contributed by atoms with van der Waals surface area (Å²) >= 11 is 0. The third-order valence-electron chi connectivity index (χ3n) is 12.4. The van der Waals surface area contributed by atoms with E-state index in [9.17, 15) is 0 Å². The van der Waals surface area contributed by atoms with Gasteiger partial charge in [-0.05, 0) is 33.9 Å². The van der Waals surface area contributed by atoms with Crippen molar-refractivity contribution >= 4 is 36.5 Å². The van der Waals surface area contributed by atoms with Gasteiger partial charge in [0, 0.05) is 5.56 Å². The average Bonchev–Trinajstić information content (AvgIpc) is 1.00. The van der Waals surface area contributed by atoms with E-state index in [0.29, 0.717) is 258 Å². The number of hydrogen-bond acceptors (Lipinski definition) is 21. The summed E-state index contributed by atoms with van der Waals surface area (Å²) in [5.74, 6) is 0.778. The Hall–Kier alpha value is -4.90. The van der Waals surface area contributed by atoms with Crippen molar-refractivity contribution in [2.75, 3.05) is 264 Å². The summed E-state index contributed by atoms with van der Waals surface area (Å²) < 4.78 is 111. The molecule has 0 atom stereocenters. The molecule has 0 saturated carbocycles. The van der Waals surface area contributed by atoms with E-state index >= 15 is 0 Å². The van der Waals surface area contributed by atoms with Gasteiger partial charge in [0.1, 0.15) is 12.4 Å². The fourth-order valence-corrected chi connectivity index (χ4v) is 7.84. The van der Waals surface area contributed by atoms with Crippen LogP contribution in [0.15, 0.2) is 103 Å². The summed E-state index contributed by atoms with van der Waals surface area (Å²) in [6, 6.07) is 35.0. The van der Waals surface area contributed by atoms with Gasteiger partial charge in [0.2, 0.25) is 0 Å². The zero-order valence-electron chi connectivity index (χ0n) is 53.7. The van der Waals surface area contributed by atoms with Crippen molar-refractivity contribution in [3.05, 3.63) is 137 Å². The van der Waals surface area contributed by atoms with Gasteiger partial charge in [-0.3, -0.25) is 0 Å². The smallest absolute Gasteiger partial charge is 0.127 e. The molecule has 91 heavy (non-hydrogen) atoms. The summed E-state index contributed by atoms with van der Waals surface area (Å²) in [5, 5.41) is 8.62. The summed E-state index contributed by atoms with van der Waals surface area (Å²) in [6.45, 7) is 18.5. The fraction of sp³-hybridized carbons (Fsp3) is 0.571. The molecule has 4 aromatic rings. The van der Waals surface area contributed by atoms with Crippen molar-refractivity contribution < 1.29 is 99.8 Å². The minimum absolute atomic E-state index is 0.0174. The lowest BCUT2D eigenvalue weighted by atomic mass is 9.96. The third-order valence-corrected chi connectivity index (χ3v) is 12.4. The zero-order chi connectivity index (χ0) is 63.7. The first-order valence-electron chi connectivity index (χ1n) is 31.9. The second kappa shape index (κ2) is 61.3. The van der Waals surface area contributed by atoms with Gasteiger partial charge in [-0.1, -0.05) is 134 Å². The summed E-state index contributed by atoms with van der Waals surface area (Å²) in [6.07, 6.45) is 12.8. The van der Waals surface area contributed by atoms with Crippen LogP contribution in [0.2, 0.25) is 0 Å². The Balaban J connectivity index is 0.813. The van der Waals surface area contributed by atoms with E-state index in [-0.39, 0.29) is 6.61 Å². The molecule has 0 unspecified atom stereocenters. The molecule has 0 spiro atoms. The number of aliphatic hydroxyl groups excluding tert-OH is 1. The van der Waals surface area contributed by atoms with Crippen molar-refractivity contribution in [3.63, 3.8) is 0 Å². The molecule has 0 aliphatic heterocycles. The lowest BCUT2D eigenvalue weighted by Crippen LogP contribution is -2.16. The van der Waals surface area contributed by atoms with Crippen LogP contribution < -0.4 is 4.74 Å². The van der Waals surface area contributed by atoms with Gasteiger partial charge >= 0.3 is 0 Å². The van der Waals surface area contributed by atoms with E-state index < -0.39 is 0 Å². The summed E-state index contributed by atoms with van der Waals surface area (Å²) in [7, 11) is 0. The highest BCUT2D eigenvalue weighted by Crippen LogP contribution is 2.31. The lowest BCUT2D eigenvalue weighted by Gasteiger charge is -2.15. The van der Waals surface area contributed by atoms with Gasteiger partial charge < -0.3 is 99.8 Å². The first kappa shape index (κ1) is 78.5. The number of rotatable bonds is 66. The average molecular weight is 1280 g/mol. The molecule has 0 bridgehead atoms. The molecule has 510 valence electrons. The van der Waals surface area contributed by atoms with Crippen LogP contribution in [0, 0.1) is 0 Å². The van der Waals surface area contributed by atoms with E-state index in [1.54, 1.807) is 0 Å². The van der Waals surface area contributed by atoms with Crippen LogP contribution in [0.3, 0.4) is 0 Å². The van der Waals surface area contributed by atoms with Crippen LogP contribution in [-0.4, -0.2) is 269 Å². The fourth-order valence-electron chi connectivity index (χ4n) is 7.84. The van der Waals surface area contributed by atoms with E-state index in [0.717, 1.165) is 39.1 Å². The van der Waals surface area contributed by atoms with Gasteiger partial charge in [0.15, 0.2) is 0 Å². The Kier molecular flexibility index (Phi) is 52.9. The zero-order valence-corrected chi connectivity index (χ0v) is 53.7. The standard InChI is InChI=1S/C70H104O21/c71-24-25-72-26-27-73-28-29-74-30-31-75-32-33-76-34-35-77-36-37-78-38-39-79-40-41-80-42-43-81-44-45-82-46-47-83-48-49-84-50-51-85-52-53-86-54-55-87-56-57-88-58-59-89-60-61-90-62-63-91-70-23-20-67(19-16-64-10-4-1-5-11-64)68(21-17-65-12-6-2-7-13-65)69(70)22-18-66-14-8-3-9-15-66/h1-23,71H,24-63H2. The molecule has 21 nitrogen and oxygen atoms in total. The highest BCUT2D eigenvalue weighted by molar-refractivity contribution is 5.87. The summed E-state index contributed by atoms with van der Waals surface area (Å²) in [4.78, 5) is 0. The van der Waals surface area contributed by atoms with Gasteiger partial charge in [0.05, 0.1) is 258 Å². The number of ether oxygens (including phenoxy) is 20. The van der Waals surface area contributed by atoms with Crippen molar-refractivity contribution in [2.24, 2.45) is 0 Å². The maximum Gasteiger partial charge on any atom is 0.127 e. The molecule has 0 aliphatic carbocycles. The molecule has 0 aromatic heterocycles. The highest BCUT2D eigenvalue weighted by Gasteiger charge is 2.11. The third kappa shape index (κ3) is 46.8.